The molecule has 1 saturated carbocycles. The molecule has 2 nitrogen and oxygen atoms in total. The van der Waals surface area contributed by atoms with E-state index < -0.39 is 40.6 Å². The van der Waals surface area contributed by atoms with Crippen molar-refractivity contribution in [3.05, 3.63) is 34.6 Å². The number of carbonyl (C=O) groups is 1. The number of halogens is 5. The van der Waals surface area contributed by atoms with Crippen LogP contribution < -0.4 is 5.32 Å². The van der Waals surface area contributed by atoms with E-state index in [4.69, 9.17) is 0 Å². The molecule has 1 fully saturated rings. The van der Waals surface area contributed by atoms with Gasteiger partial charge in [-0.15, -0.1) is 0 Å². The number of fused-ring (bicyclic) bond motifs is 2. The normalized spacial score (nSPS) is 29.1. The number of carbonyl (C=O) groups excluding carboxylic acids is 1. The van der Waals surface area contributed by atoms with Crippen LogP contribution in [0.3, 0.4) is 0 Å². The third-order valence-electron chi connectivity index (χ3n) is 3.74. The molecule has 102 valence electrons. The van der Waals surface area contributed by atoms with E-state index in [9.17, 15) is 26.7 Å². The van der Waals surface area contributed by atoms with E-state index in [0.717, 1.165) is 6.07 Å². The van der Waals surface area contributed by atoms with Gasteiger partial charge >= 0.3 is 6.18 Å². The molecule has 0 aromatic heterocycles. The first kappa shape index (κ1) is 12.4. The number of benzene rings is 1. The molecule has 2 unspecified atom stereocenters. The fraction of sp³-hybridized carbons (Fsp3) is 0.417. The molecule has 0 saturated heterocycles. The maximum atomic E-state index is 14.1. The maximum Gasteiger partial charge on any atom is 0.419 e. The molecule has 1 N–H and O–H groups in total. The number of nitrogens with one attached hydrogen (secondary N) is 1. The van der Waals surface area contributed by atoms with Crippen LogP contribution in [0, 0.1) is 5.82 Å². The van der Waals surface area contributed by atoms with Gasteiger partial charge in [-0.2, -0.15) is 13.2 Å². The van der Waals surface area contributed by atoms with Crippen molar-refractivity contribution in [2.75, 3.05) is 6.54 Å². The Morgan fingerprint density at radius 1 is 1.32 bits per heavy atom. The van der Waals surface area contributed by atoms with Crippen LogP contribution >= 0.6 is 0 Å². The van der Waals surface area contributed by atoms with Crippen molar-refractivity contribution in [3.8, 4) is 0 Å². The molecule has 1 aliphatic heterocycles. The monoisotopic (exact) mass is 277 g/mol. The lowest BCUT2D eigenvalue weighted by Gasteiger charge is -2.27. The molecule has 7 heteroatoms. The van der Waals surface area contributed by atoms with Gasteiger partial charge in [-0.05, 0) is 18.6 Å². The van der Waals surface area contributed by atoms with Gasteiger partial charge < -0.3 is 5.32 Å². The molecule has 1 aromatic rings. The van der Waals surface area contributed by atoms with Gasteiger partial charge in [0.05, 0.1) is 11.0 Å². The lowest BCUT2D eigenvalue weighted by atomic mass is 9.85. The molecule has 1 aromatic carbocycles. The lowest BCUT2D eigenvalue weighted by Crippen LogP contribution is -2.41. The Balaban J connectivity index is 2.25. The molecule has 0 radical (unpaired) electrons. The first-order valence-electron chi connectivity index (χ1n) is 5.60. The van der Waals surface area contributed by atoms with Crippen LogP contribution in [0.1, 0.15) is 27.9 Å². The van der Waals surface area contributed by atoms with Crippen LogP contribution in [0.5, 0.6) is 0 Å². The summed E-state index contributed by atoms with van der Waals surface area (Å²) in [6, 6.07) is 1.42. The third kappa shape index (κ3) is 1.56. The van der Waals surface area contributed by atoms with Crippen molar-refractivity contribution >= 4 is 5.91 Å². The number of alkyl halides is 4. The Labute approximate surface area is 104 Å². The smallest absolute Gasteiger partial charge is 0.351 e. The van der Waals surface area contributed by atoms with Crippen LogP contribution in [0.15, 0.2) is 12.1 Å². The van der Waals surface area contributed by atoms with Crippen LogP contribution in [-0.2, 0) is 11.6 Å². The number of rotatable bonds is 0. The summed E-state index contributed by atoms with van der Waals surface area (Å²) in [6.07, 6.45) is -6.36. The summed E-state index contributed by atoms with van der Waals surface area (Å²) in [6.45, 7) is -0.168. The molecule has 19 heavy (non-hydrogen) atoms. The van der Waals surface area contributed by atoms with Crippen molar-refractivity contribution in [1.29, 1.82) is 0 Å². The zero-order valence-electron chi connectivity index (χ0n) is 9.44. The third-order valence-corrected chi connectivity index (χ3v) is 3.74. The fourth-order valence-corrected chi connectivity index (χ4v) is 2.60. The zero-order chi connectivity index (χ0) is 14.0. The number of hydrogen-bond donors (Lipinski definition) is 1. The summed E-state index contributed by atoms with van der Waals surface area (Å²) in [4.78, 5) is 11.5. The topological polar surface area (TPSA) is 29.1 Å². The molecular formula is C12H8F5NO. The van der Waals surface area contributed by atoms with E-state index in [1.807, 2.05) is 0 Å². The first-order valence-corrected chi connectivity index (χ1v) is 5.60. The highest BCUT2D eigenvalue weighted by Gasteiger charge is 2.61. The molecule has 2 aliphatic rings. The molecule has 1 spiro atoms. The van der Waals surface area contributed by atoms with Gasteiger partial charge in [-0.1, -0.05) is 0 Å². The van der Waals surface area contributed by atoms with Crippen LogP contribution in [0.4, 0.5) is 22.0 Å². The molecule has 3 rings (SSSR count). The molecule has 0 bridgehead atoms. The average molecular weight is 277 g/mol. The summed E-state index contributed by atoms with van der Waals surface area (Å²) in [5.74, 6) is -2.20. The van der Waals surface area contributed by atoms with Gasteiger partial charge in [-0.3, -0.25) is 4.79 Å². The maximum absolute atomic E-state index is 14.1. The van der Waals surface area contributed by atoms with Gasteiger partial charge in [0.2, 0.25) is 0 Å². The van der Waals surface area contributed by atoms with E-state index in [1.165, 1.54) is 0 Å². The van der Waals surface area contributed by atoms with E-state index in [0.29, 0.717) is 6.07 Å². The van der Waals surface area contributed by atoms with Crippen molar-refractivity contribution in [1.82, 2.24) is 5.32 Å². The van der Waals surface area contributed by atoms with Gasteiger partial charge in [0.25, 0.3) is 5.91 Å². The molecule has 1 aliphatic carbocycles. The van der Waals surface area contributed by atoms with E-state index >= 15 is 0 Å². The quantitative estimate of drug-likeness (QED) is 0.725. The van der Waals surface area contributed by atoms with Gasteiger partial charge in [0.15, 0.2) is 0 Å². The lowest BCUT2D eigenvalue weighted by molar-refractivity contribution is -0.140. The Kier molecular flexibility index (Phi) is 2.25. The second kappa shape index (κ2) is 3.46. The van der Waals surface area contributed by atoms with Crippen molar-refractivity contribution in [3.63, 3.8) is 0 Å². The summed E-state index contributed by atoms with van der Waals surface area (Å²) in [7, 11) is 0. The highest BCUT2D eigenvalue weighted by Crippen LogP contribution is 2.54. The summed E-state index contributed by atoms with van der Waals surface area (Å²) >= 11 is 0. The zero-order valence-corrected chi connectivity index (χ0v) is 9.44. The van der Waals surface area contributed by atoms with Crippen LogP contribution in [0.25, 0.3) is 0 Å². The number of hydrogen-bond acceptors (Lipinski definition) is 1. The Hall–Kier alpha value is -1.66. The van der Waals surface area contributed by atoms with E-state index in [2.05, 4.69) is 5.32 Å². The standard InChI is InChI=1S/C12H8F5NO/c13-7-3-11(7)4-18-10(19)5-1-2-6(12(15,16)17)9(14)8(5)11/h1-2,7H,3-4H2,(H,18,19). The Bertz CT molecular complexity index is 582. The minimum absolute atomic E-state index is 0.0709. The number of amides is 1. The minimum Gasteiger partial charge on any atom is -0.351 e. The van der Waals surface area contributed by atoms with Crippen LogP contribution in [-0.4, -0.2) is 18.6 Å². The molecule has 1 heterocycles. The average Bonchev–Trinajstić information content (AvgIpc) is 2.94. The summed E-state index contributed by atoms with van der Waals surface area (Å²) in [5, 5.41) is 2.38. The van der Waals surface area contributed by atoms with E-state index in [1.54, 1.807) is 0 Å². The van der Waals surface area contributed by atoms with Gasteiger partial charge in [-0.25, -0.2) is 8.78 Å². The van der Waals surface area contributed by atoms with Gasteiger partial charge in [0.1, 0.15) is 12.0 Å². The minimum atomic E-state index is -4.87. The van der Waals surface area contributed by atoms with Gasteiger partial charge in [0, 0.05) is 17.7 Å². The summed E-state index contributed by atoms with van der Waals surface area (Å²) in [5.41, 5.74) is -3.43. The highest BCUT2D eigenvalue weighted by atomic mass is 19.4. The predicted octanol–water partition coefficient (Wildman–Crippen LogP) is 2.57. The highest BCUT2D eigenvalue weighted by molar-refractivity contribution is 5.98. The van der Waals surface area contributed by atoms with Crippen molar-refractivity contribution in [2.45, 2.75) is 24.2 Å². The SMILES string of the molecule is O=C1NCC2(CC2F)c2c1ccc(C(F)(F)F)c2F. The molecule has 2 atom stereocenters. The Morgan fingerprint density at radius 2 is 1.95 bits per heavy atom. The Morgan fingerprint density at radius 3 is 2.47 bits per heavy atom. The largest absolute Gasteiger partial charge is 0.419 e. The second-order valence-corrected chi connectivity index (χ2v) is 4.86. The molecule has 1 amide bonds. The second-order valence-electron chi connectivity index (χ2n) is 4.86. The van der Waals surface area contributed by atoms with Crippen molar-refractivity contribution < 1.29 is 26.7 Å². The fourth-order valence-electron chi connectivity index (χ4n) is 2.60. The molecular weight excluding hydrogens is 269 g/mol. The van der Waals surface area contributed by atoms with E-state index in [-0.39, 0.29) is 18.5 Å². The first-order chi connectivity index (χ1) is 8.77. The predicted molar refractivity (Wildman–Crippen MR) is 54.9 cm³/mol. The van der Waals surface area contributed by atoms with Crippen LogP contribution in [0.2, 0.25) is 0 Å². The van der Waals surface area contributed by atoms with Crippen molar-refractivity contribution in [2.24, 2.45) is 0 Å². The summed E-state index contributed by atoms with van der Waals surface area (Å²) < 4.78 is 65.5.